The molecule has 1 aromatic heterocycles. The zero-order chi connectivity index (χ0) is 15.7. The van der Waals surface area contributed by atoms with Crippen molar-refractivity contribution in [3.05, 3.63) is 59.2 Å². The lowest BCUT2D eigenvalue weighted by molar-refractivity contribution is 0.0787. The number of aromatic nitrogens is 1. The molecule has 2 aromatic rings. The van der Waals surface area contributed by atoms with Crippen LogP contribution in [0.15, 0.2) is 36.5 Å². The summed E-state index contributed by atoms with van der Waals surface area (Å²) in [4.78, 5) is 18.2. The van der Waals surface area contributed by atoms with Crippen LogP contribution in [0.5, 0.6) is 5.75 Å². The van der Waals surface area contributed by atoms with Crippen LogP contribution < -0.4 is 0 Å². The topological polar surface area (TPSA) is 53.4 Å². The van der Waals surface area contributed by atoms with Gasteiger partial charge in [-0.15, -0.1) is 0 Å². The van der Waals surface area contributed by atoms with Gasteiger partial charge in [0.1, 0.15) is 11.6 Å². The van der Waals surface area contributed by atoms with E-state index in [4.69, 9.17) is 0 Å². The standard InChI is InChI=1S/C17H17FN2O2/c1-11-8-15(16(21)9-19-11)17(22)20-7-6-13(10-20)12-2-4-14(18)5-3-12/h2-5,8-9,13,21H,6-7,10H2,1H3/t13-/m0/s1. The van der Waals surface area contributed by atoms with Crippen molar-refractivity contribution in [3.63, 3.8) is 0 Å². The van der Waals surface area contributed by atoms with Crippen LogP contribution in [0.3, 0.4) is 0 Å². The number of amides is 1. The second kappa shape index (κ2) is 5.75. The molecule has 22 heavy (non-hydrogen) atoms. The number of halogens is 1. The Morgan fingerprint density at radius 2 is 2.09 bits per heavy atom. The number of hydrogen-bond acceptors (Lipinski definition) is 3. The Hall–Kier alpha value is -2.43. The molecular weight excluding hydrogens is 283 g/mol. The summed E-state index contributed by atoms with van der Waals surface area (Å²) in [5, 5.41) is 9.83. The predicted octanol–water partition coefficient (Wildman–Crippen LogP) is 2.86. The molecule has 2 heterocycles. The van der Waals surface area contributed by atoms with Gasteiger partial charge in [0.2, 0.25) is 0 Å². The van der Waals surface area contributed by atoms with Crippen LogP contribution >= 0.6 is 0 Å². The Labute approximate surface area is 128 Å². The van der Waals surface area contributed by atoms with Crippen molar-refractivity contribution in [2.75, 3.05) is 13.1 Å². The van der Waals surface area contributed by atoms with Crippen LogP contribution in [0.4, 0.5) is 4.39 Å². The Bertz CT molecular complexity index is 700. The van der Waals surface area contributed by atoms with Crippen LogP contribution in [0.25, 0.3) is 0 Å². The van der Waals surface area contributed by atoms with Gasteiger partial charge < -0.3 is 10.0 Å². The fourth-order valence-corrected chi connectivity index (χ4v) is 2.85. The first-order chi connectivity index (χ1) is 10.5. The summed E-state index contributed by atoms with van der Waals surface area (Å²) < 4.78 is 13.0. The minimum absolute atomic E-state index is 0.0965. The van der Waals surface area contributed by atoms with E-state index >= 15 is 0 Å². The summed E-state index contributed by atoms with van der Waals surface area (Å²) in [6.07, 6.45) is 2.14. The van der Waals surface area contributed by atoms with Crippen molar-refractivity contribution in [1.82, 2.24) is 9.88 Å². The highest BCUT2D eigenvalue weighted by atomic mass is 19.1. The van der Waals surface area contributed by atoms with Gasteiger partial charge in [0.05, 0.1) is 11.8 Å². The Morgan fingerprint density at radius 1 is 1.36 bits per heavy atom. The molecule has 0 saturated carbocycles. The monoisotopic (exact) mass is 300 g/mol. The van der Waals surface area contributed by atoms with Crippen LogP contribution in [0, 0.1) is 12.7 Å². The van der Waals surface area contributed by atoms with Gasteiger partial charge >= 0.3 is 0 Å². The van der Waals surface area contributed by atoms with E-state index in [-0.39, 0.29) is 29.0 Å². The maximum atomic E-state index is 13.0. The number of carbonyl (C=O) groups excluding carboxylic acids is 1. The highest BCUT2D eigenvalue weighted by Gasteiger charge is 2.29. The lowest BCUT2D eigenvalue weighted by Gasteiger charge is -2.17. The number of rotatable bonds is 2. The summed E-state index contributed by atoms with van der Waals surface area (Å²) >= 11 is 0. The van der Waals surface area contributed by atoms with Crippen molar-refractivity contribution >= 4 is 5.91 Å². The Balaban J connectivity index is 1.76. The van der Waals surface area contributed by atoms with E-state index in [1.54, 1.807) is 30.0 Å². The first-order valence-corrected chi connectivity index (χ1v) is 7.25. The fourth-order valence-electron chi connectivity index (χ4n) is 2.85. The molecule has 1 aliphatic rings. The average Bonchev–Trinajstić information content (AvgIpc) is 2.99. The van der Waals surface area contributed by atoms with Crippen molar-refractivity contribution in [2.45, 2.75) is 19.3 Å². The van der Waals surface area contributed by atoms with E-state index in [0.29, 0.717) is 18.8 Å². The number of nitrogens with zero attached hydrogens (tertiary/aromatic N) is 2. The molecule has 1 N–H and O–H groups in total. The van der Waals surface area contributed by atoms with Gasteiger partial charge in [-0.1, -0.05) is 12.1 Å². The smallest absolute Gasteiger partial charge is 0.257 e. The molecule has 4 nitrogen and oxygen atoms in total. The van der Waals surface area contributed by atoms with E-state index in [2.05, 4.69) is 4.98 Å². The number of aromatic hydroxyl groups is 1. The second-order valence-corrected chi connectivity index (χ2v) is 5.63. The maximum absolute atomic E-state index is 13.0. The zero-order valence-electron chi connectivity index (χ0n) is 12.3. The molecule has 114 valence electrons. The van der Waals surface area contributed by atoms with E-state index in [1.807, 2.05) is 0 Å². The van der Waals surface area contributed by atoms with Gasteiger partial charge in [-0.3, -0.25) is 9.78 Å². The molecule has 0 radical (unpaired) electrons. The molecule has 0 aliphatic carbocycles. The van der Waals surface area contributed by atoms with E-state index in [1.165, 1.54) is 18.3 Å². The molecular formula is C17H17FN2O2. The van der Waals surface area contributed by atoms with Crippen molar-refractivity contribution in [3.8, 4) is 5.75 Å². The van der Waals surface area contributed by atoms with Crippen LogP contribution in [-0.4, -0.2) is 34.0 Å². The van der Waals surface area contributed by atoms with E-state index < -0.39 is 0 Å². The van der Waals surface area contributed by atoms with Gasteiger partial charge in [0.25, 0.3) is 5.91 Å². The third-order valence-corrected chi connectivity index (χ3v) is 4.07. The third kappa shape index (κ3) is 2.79. The maximum Gasteiger partial charge on any atom is 0.257 e. The zero-order valence-corrected chi connectivity index (χ0v) is 12.3. The molecule has 1 amide bonds. The number of benzene rings is 1. The van der Waals surface area contributed by atoms with Crippen LogP contribution in [-0.2, 0) is 0 Å². The van der Waals surface area contributed by atoms with Gasteiger partial charge in [0, 0.05) is 24.7 Å². The molecule has 3 rings (SSSR count). The molecule has 1 saturated heterocycles. The normalized spacial score (nSPS) is 17.7. The van der Waals surface area contributed by atoms with Gasteiger partial charge in [-0.2, -0.15) is 0 Å². The summed E-state index contributed by atoms with van der Waals surface area (Å²) in [7, 11) is 0. The summed E-state index contributed by atoms with van der Waals surface area (Å²) in [5.74, 6) is -0.338. The minimum Gasteiger partial charge on any atom is -0.505 e. The second-order valence-electron chi connectivity index (χ2n) is 5.63. The quantitative estimate of drug-likeness (QED) is 0.928. The third-order valence-electron chi connectivity index (χ3n) is 4.07. The number of carbonyl (C=O) groups is 1. The lowest BCUT2D eigenvalue weighted by atomic mass is 9.98. The molecule has 1 aromatic carbocycles. The van der Waals surface area contributed by atoms with Crippen LogP contribution in [0.1, 0.15) is 34.0 Å². The summed E-state index contributed by atoms with van der Waals surface area (Å²) in [6.45, 7) is 2.98. The number of aryl methyl sites for hydroxylation is 1. The fraction of sp³-hybridized carbons (Fsp3) is 0.294. The van der Waals surface area contributed by atoms with E-state index in [9.17, 15) is 14.3 Å². The molecule has 1 fully saturated rings. The number of pyridine rings is 1. The van der Waals surface area contributed by atoms with Crippen molar-refractivity contribution < 1.29 is 14.3 Å². The lowest BCUT2D eigenvalue weighted by Crippen LogP contribution is -2.28. The number of hydrogen-bond donors (Lipinski definition) is 1. The molecule has 1 aliphatic heterocycles. The first-order valence-electron chi connectivity index (χ1n) is 7.25. The van der Waals surface area contributed by atoms with Crippen LogP contribution in [0.2, 0.25) is 0 Å². The van der Waals surface area contributed by atoms with E-state index in [0.717, 1.165) is 12.0 Å². The first kappa shape index (κ1) is 14.5. The van der Waals surface area contributed by atoms with Gasteiger partial charge in [0.15, 0.2) is 0 Å². The Morgan fingerprint density at radius 3 is 2.82 bits per heavy atom. The van der Waals surface area contributed by atoms with Gasteiger partial charge in [-0.05, 0) is 37.1 Å². The van der Waals surface area contributed by atoms with Gasteiger partial charge in [-0.25, -0.2) is 4.39 Å². The van der Waals surface area contributed by atoms with Crippen molar-refractivity contribution in [1.29, 1.82) is 0 Å². The SMILES string of the molecule is Cc1cc(C(=O)N2CC[C@H](c3ccc(F)cc3)C2)c(O)cn1. The van der Waals surface area contributed by atoms with Crippen molar-refractivity contribution in [2.24, 2.45) is 0 Å². The average molecular weight is 300 g/mol. The predicted molar refractivity (Wildman–Crippen MR) is 80.3 cm³/mol. The molecule has 0 spiro atoms. The molecule has 1 atom stereocenters. The summed E-state index contributed by atoms with van der Waals surface area (Å²) in [6, 6.07) is 8.02. The summed E-state index contributed by atoms with van der Waals surface area (Å²) in [5.41, 5.74) is 2.01. The highest BCUT2D eigenvalue weighted by molar-refractivity contribution is 5.97. The minimum atomic E-state index is -0.258. The number of likely N-dealkylation sites (tertiary alicyclic amines) is 1. The largest absolute Gasteiger partial charge is 0.505 e. The Kier molecular flexibility index (Phi) is 3.79. The molecule has 0 bridgehead atoms. The highest BCUT2D eigenvalue weighted by Crippen LogP contribution is 2.29. The molecule has 0 unspecified atom stereocenters. The molecule has 5 heteroatoms.